The highest BCUT2D eigenvalue weighted by Gasteiger charge is 2.50. The highest BCUT2D eigenvalue weighted by Crippen LogP contribution is 2.35. The summed E-state index contributed by atoms with van der Waals surface area (Å²) in [5.74, 6) is 0.698. The normalized spacial score (nSPS) is 28.7. The lowest BCUT2D eigenvalue weighted by molar-refractivity contribution is -0.291. The molecule has 24 heavy (non-hydrogen) atoms. The maximum Gasteiger partial charge on any atom is 0.185 e. The van der Waals surface area contributed by atoms with Gasteiger partial charge in [0.15, 0.2) is 35.7 Å². The summed E-state index contributed by atoms with van der Waals surface area (Å²) in [6.07, 6.45) is 1.95. The molecule has 2 unspecified atom stereocenters. The van der Waals surface area contributed by atoms with Gasteiger partial charge in [-0.1, -0.05) is 0 Å². The highest BCUT2D eigenvalue weighted by atomic mass is 17.2. The molecule has 0 amide bonds. The number of methoxy groups -OCH3 is 2. The van der Waals surface area contributed by atoms with Crippen LogP contribution in [0.25, 0.3) is 0 Å². The van der Waals surface area contributed by atoms with Gasteiger partial charge in [-0.3, -0.25) is 0 Å². The first-order chi connectivity index (χ1) is 11.8. The van der Waals surface area contributed by atoms with Crippen molar-refractivity contribution in [3.63, 3.8) is 0 Å². The molecule has 0 aromatic heterocycles. The topological polar surface area (TPSA) is 83.1 Å². The molecule has 2 aliphatic heterocycles. The largest absolute Gasteiger partial charge is 0.495 e. The van der Waals surface area contributed by atoms with Crippen LogP contribution in [-0.2, 0) is 43.2 Å². The Hall–Kier alpha value is -1.52. The van der Waals surface area contributed by atoms with Gasteiger partial charge < -0.3 is 33.5 Å². The molecule has 0 aliphatic carbocycles. The van der Waals surface area contributed by atoms with Gasteiger partial charge >= 0.3 is 0 Å². The Kier molecular flexibility index (Phi) is 7.60. The van der Waals surface area contributed by atoms with Crippen molar-refractivity contribution in [2.24, 2.45) is 0 Å². The van der Waals surface area contributed by atoms with Gasteiger partial charge in [0.05, 0.1) is 34.0 Å². The molecule has 0 fully saturated rings. The van der Waals surface area contributed by atoms with Gasteiger partial charge in [0.1, 0.15) is 13.2 Å². The van der Waals surface area contributed by atoms with Crippen LogP contribution in [0.15, 0.2) is 24.0 Å². The van der Waals surface area contributed by atoms with E-state index in [-0.39, 0.29) is 33.0 Å². The number of rotatable bonds is 6. The average molecular weight is 348 g/mol. The van der Waals surface area contributed by atoms with Gasteiger partial charge in [-0.15, -0.1) is 0 Å². The molecule has 0 aromatic carbocycles. The molecule has 2 aliphatic rings. The summed E-state index contributed by atoms with van der Waals surface area (Å²) in [5, 5.41) is 0. The van der Waals surface area contributed by atoms with Crippen molar-refractivity contribution in [3.8, 4) is 0 Å². The van der Waals surface area contributed by atoms with Gasteiger partial charge in [0.2, 0.25) is 0 Å². The fraction of sp³-hybridized carbons (Fsp3) is 0.733. The predicted octanol–water partition coefficient (Wildman–Crippen LogP) is 1.06. The number of hydrogen-bond donors (Lipinski definition) is 0. The summed E-state index contributed by atoms with van der Waals surface area (Å²) in [5.41, 5.74) is -1.14. The summed E-state index contributed by atoms with van der Waals surface area (Å²) in [6, 6.07) is 0. The Morgan fingerprint density at radius 2 is 1.79 bits per heavy atom. The monoisotopic (exact) mass is 348 g/mol. The summed E-state index contributed by atoms with van der Waals surface area (Å²) in [4.78, 5) is 19.9. The lowest BCUT2D eigenvalue weighted by Crippen LogP contribution is -2.55. The predicted molar refractivity (Wildman–Crippen MR) is 79.2 cm³/mol. The standard InChI is InChI=1S/C15H24O9/c1-4-18-11-15(13(17-3)10-24-22-8-6-20-15)14-12(16-2)9-23-21-7-5-19-14/h9-10,14H,4-8,11H2,1-3H3. The Morgan fingerprint density at radius 1 is 1.04 bits per heavy atom. The summed E-state index contributed by atoms with van der Waals surface area (Å²) < 4.78 is 28.5. The van der Waals surface area contributed by atoms with Crippen molar-refractivity contribution in [2.45, 2.75) is 18.6 Å². The minimum absolute atomic E-state index is 0.152. The molecule has 0 saturated carbocycles. The van der Waals surface area contributed by atoms with Crippen LogP contribution in [-0.4, -0.2) is 65.6 Å². The van der Waals surface area contributed by atoms with E-state index in [2.05, 4.69) is 0 Å². The van der Waals surface area contributed by atoms with Crippen molar-refractivity contribution >= 4 is 0 Å². The summed E-state index contributed by atoms with van der Waals surface area (Å²) >= 11 is 0. The molecule has 0 radical (unpaired) electrons. The first-order valence-corrected chi connectivity index (χ1v) is 7.67. The van der Waals surface area contributed by atoms with E-state index in [1.807, 2.05) is 6.92 Å². The van der Waals surface area contributed by atoms with Crippen LogP contribution < -0.4 is 0 Å². The molecule has 0 bridgehead atoms. The molecule has 2 heterocycles. The molecule has 0 saturated heterocycles. The third kappa shape index (κ3) is 4.31. The highest BCUT2D eigenvalue weighted by molar-refractivity contribution is 5.21. The first kappa shape index (κ1) is 18.8. The fourth-order valence-electron chi connectivity index (χ4n) is 2.42. The van der Waals surface area contributed by atoms with E-state index in [0.29, 0.717) is 18.1 Å². The second kappa shape index (κ2) is 9.70. The third-order valence-electron chi connectivity index (χ3n) is 3.51. The first-order valence-electron chi connectivity index (χ1n) is 7.67. The van der Waals surface area contributed by atoms with Gasteiger partial charge in [0.25, 0.3) is 0 Å². The van der Waals surface area contributed by atoms with E-state index < -0.39 is 11.7 Å². The van der Waals surface area contributed by atoms with Crippen LogP contribution in [0.1, 0.15) is 6.92 Å². The molecular weight excluding hydrogens is 324 g/mol. The molecule has 9 heteroatoms. The Bertz CT molecular complexity index is 437. The van der Waals surface area contributed by atoms with Crippen molar-refractivity contribution in [1.29, 1.82) is 0 Å². The van der Waals surface area contributed by atoms with Gasteiger partial charge in [-0.25, -0.2) is 0 Å². The van der Waals surface area contributed by atoms with Crippen LogP contribution in [0, 0.1) is 0 Å². The summed E-state index contributed by atoms with van der Waals surface area (Å²) in [6.45, 7) is 3.50. The molecule has 138 valence electrons. The van der Waals surface area contributed by atoms with Crippen molar-refractivity contribution in [1.82, 2.24) is 0 Å². The molecule has 2 rings (SSSR count). The molecule has 0 N–H and O–H groups in total. The van der Waals surface area contributed by atoms with Crippen molar-refractivity contribution in [3.05, 3.63) is 24.0 Å². The fourth-order valence-corrected chi connectivity index (χ4v) is 2.42. The molecule has 0 aromatic rings. The maximum absolute atomic E-state index is 6.08. The van der Waals surface area contributed by atoms with E-state index in [9.17, 15) is 0 Å². The zero-order valence-electron chi connectivity index (χ0n) is 14.1. The smallest absolute Gasteiger partial charge is 0.185 e. The van der Waals surface area contributed by atoms with Gasteiger partial charge in [0, 0.05) is 6.61 Å². The van der Waals surface area contributed by atoms with Gasteiger partial charge in [-0.05, 0) is 6.92 Å². The Labute approximate surface area is 140 Å². The van der Waals surface area contributed by atoms with E-state index in [1.54, 1.807) is 0 Å². The molecule has 2 atom stereocenters. The van der Waals surface area contributed by atoms with Crippen LogP contribution in [0.2, 0.25) is 0 Å². The molecule has 0 spiro atoms. The van der Waals surface area contributed by atoms with Crippen LogP contribution >= 0.6 is 0 Å². The maximum atomic E-state index is 6.08. The van der Waals surface area contributed by atoms with E-state index in [0.717, 1.165) is 0 Å². The van der Waals surface area contributed by atoms with E-state index >= 15 is 0 Å². The van der Waals surface area contributed by atoms with Crippen molar-refractivity contribution in [2.75, 3.05) is 53.9 Å². The lowest BCUT2D eigenvalue weighted by Gasteiger charge is -2.41. The second-order valence-electron chi connectivity index (χ2n) is 4.87. The zero-order valence-corrected chi connectivity index (χ0v) is 14.1. The SMILES string of the molecule is CCOCC1(C2OCCOOC=C2OC)OCCOOC=C1OC. The average Bonchev–Trinajstić information content (AvgIpc) is 2.55. The minimum Gasteiger partial charge on any atom is -0.495 e. The number of hydrogen-bond acceptors (Lipinski definition) is 9. The Balaban J connectivity index is 2.45. The third-order valence-corrected chi connectivity index (χ3v) is 3.51. The van der Waals surface area contributed by atoms with Crippen LogP contribution in [0.4, 0.5) is 0 Å². The van der Waals surface area contributed by atoms with E-state index in [4.69, 9.17) is 43.2 Å². The van der Waals surface area contributed by atoms with E-state index in [1.165, 1.54) is 26.7 Å². The quantitative estimate of drug-likeness (QED) is 0.654. The summed E-state index contributed by atoms with van der Waals surface area (Å²) in [7, 11) is 3.00. The van der Waals surface area contributed by atoms with Crippen LogP contribution in [0.5, 0.6) is 0 Å². The second-order valence-corrected chi connectivity index (χ2v) is 4.87. The zero-order chi connectivity index (χ0) is 17.3. The van der Waals surface area contributed by atoms with Gasteiger partial charge in [-0.2, -0.15) is 9.78 Å². The minimum atomic E-state index is -1.14. The Morgan fingerprint density at radius 3 is 2.50 bits per heavy atom. The molecular formula is C15H24O9. The van der Waals surface area contributed by atoms with Crippen molar-refractivity contribution < 1.29 is 43.2 Å². The lowest BCUT2D eigenvalue weighted by atomic mass is 9.92. The van der Waals surface area contributed by atoms with Crippen LogP contribution in [0.3, 0.4) is 0 Å². The number of ether oxygens (including phenoxy) is 5. The molecule has 9 nitrogen and oxygen atoms in total.